The number of phenolic OH excluding ortho intramolecular Hbond substituents is 1. The molecule has 0 bridgehead atoms. The lowest BCUT2D eigenvalue weighted by Crippen LogP contribution is -2.07. The van der Waals surface area contributed by atoms with E-state index in [9.17, 15) is 9.90 Å². The van der Waals surface area contributed by atoms with Gasteiger partial charge in [0.2, 0.25) is 0 Å². The van der Waals surface area contributed by atoms with Crippen molar-refractivity contribution in [1.82, 2.24) is 4.98 Å². The molecule has 0 unspecified atom stereocenters. The molecule has 4 heteroatoms. The van der Waals surface area contributed by atoms with E-state index >= 15 is 0 Å². The summed E-state index contributed by atoms with van der Waals surface area (Å²) in [4.78, 5) is 14.9. The summed E-state index contributed by atoms with van der Waals surface area (Å²) in [7, 11) is 0. The molecular weight excluding hydrogens is 252 g/mol. The van der Waals surface area contributed by atoms with Crippen molar-refractivity contribution in [2.75, 3.05) is 0 Å². The summed E-state index contributed by atoms with van der Waals surface area (Å²) in [6, 6.07) is 15.5. The fourth-order valence-corrected chi connectivity index (χ4v) is 2.18. The van der Waals surface area contributed by atoms with E-state index < -0.39 is 0 Å². The number of phenols is 1. The molecule has 0 spiro atoms. The third-order valence-corrected chi connectivity index (χ3v) is 3.19. The fraction of sp³-hybridized carbons (Fsp3) is 0. The Labute approximate surface area is 114 Å². The number of fused-ring (bicyclic) bond motifs is 1. The Morgan fingerprint density at radius 1 is 1.05 bits per heavy atom. The van der Waals surface area contributed by atoms with Gasteiger partial charge in [-0.1, -0.05) is 6.07 Å². The highest BCUT2D eigenvalue weighted by atomic mass is 16.3. The molecule has 1 aromatic heterocycles. The number of nitrogens with zero attached hydrogens (tertiary/aromatic N) is 1. The van der Waals surface area contributed by atoms with Gasteiger partial charge in [-0.05, 0) is 48.0 Å². The molecule has 1 heterocycles. The lowest BCUT2D eigenvalue weighted by Gasteiger charge is -2.05. The van der Waals surface area contributed by atoms with Crippen molar-refractivity contribution in [1.29, 1.82) is 5.26 Å². The number of H-pyrrole nitrogens is 1. The van der Waals surface area contributed by atoms with Crippen molar-refractivity contribution in [3.63, 3.8) is 0 Å². The fourth-order valence-electron chi connectivity index (χ4n) is 2.18. The zero-order valence-corrected chi connectivity index (χ0v) is 10.4. The van der Waals surface area contributed by atoms with Gasteiger partial charge < -0.3 is 10.1 Å². The standard InChI is InChI=1S/C16H10N2O2/c17-9-11-2-1-3-13-14(11)8-15(18-16(13)20)10-4-6-12(19)7-5-10/h1-8,19H,(H,18,20). The van der Waals surface area contributed by atoms with Crippen LogP contribution in [0.15, 0.2) is 53.3 Å². The van der Waals surface area contributed by atoms with Crippen LogP contribution in [0.3, 0.4) is 0 Å². The van der Waals surface area contributed by atoms with E-state index in [4.69, 9.17) is 5.26 Å². The van der Waals surface area contributed by atoms with E-state index in [1.807, 2.05) is 0 Å². The SMILES string of the molecule is N#Cc1cccc2c(=O)[nH]c(-c3ccc(O)cc3)cc12. The molecule has 3 aromatic rings. The molecule has 0 aliphatic heterocycles. The van der Waals surface area contributed by atoms with E-state index in [2.05, 4.69) is 11.1 Å². The average molecular weight is 262 g/mol. The first-order valence-corrected chi connectivity index (χ1v) is 6.04. The predicted octanol–water partition coefficient (Wildman–Crippen LogP) is 2.77. The summed E-state index contributed by atoms with van der Waals surface area (Å²) in [5, 5.41) is 19.5. The van der Waals surface area contributed by atoms with Crippen LogP contribution in [-0.4, -0.2) is 10.1 Å². The number of nitrogens with one attached hydrogen (secondary N) is 1. The number of rotatable bonds is 1. The van der Waals surface area contributed by atoms with Crippen molar-refractivity contribution in [2.24, 2.45) is 0 Å². The van der Waals surface area contributed by atoms with Crippen LogP contribution in [0.4, 0.5) is 0 Å². The average Bonchev–Trinajstić information content (AvgIpc) is 2.47. The van der Waals surface area contributed by atoms with E-state index in [1.54, 1.807) is 48.5 Å². The van der Waals surface area contributed by atoms with Gasteiger partial charge in [-0.3, -0.25) is 4.79 Å². The van der Waals surface area contributed by atoms with Crippen LogP contribution >= 0.6 is 0 Å². The van der Waals surface area contributed by atoms with Crippen molar-refractivity contribution in [3.8, 4) is 23.1 Å². The maximum Gasteiger partial charge on any atom is 0.256 e. The molecule has 0 aliphatic carbocycles. The molecule has 96 valence electrons. The molecule has 0 saturated carbocycles. The summed E-state index contributed by atoms with van der Waals surface area (Å²) in [6.07, 6.45) is 0. The minimum Gasteiger partial charge on any atom is -0.508 e. The normalized spacial score (nSPS) is 10.3. The second-order valence-corrected chi connectivity index (χ2v) is 4.44. The number of pyridine rings is 1. The highest BCUT2D eigenvalue weighted by Gasteiger charge is 2.07. The summed E-state index contributed by atoms with van der Waals surface area (Å²) >= 11 is 0. The van der Waals surface area contributed by atoms with Crippen LogP contribution in [0.25, 0.3) is 22.0 Å². The van der Waals surface area contributed by atoms with Crippen molar-refractivity contribution < 1.29 is 5.11 Å². The third kappa shape index (κ3) is 1.91. The first kappa shape index (κ1) is 12.0. The minimum atomic E-state index is -0.234. The lowest BCUT2D eigenvalue weighted by molar-refractivity contribution is 0.475. The van der Waals surface area contributed by atoms with Crippen LogP contribution in [0.5, 0.6) is 5.75 Å². The van der Waals surface area contributed by atoms with Gasteiger partial charge >= 0.3 is 0 Å². The Bertz CT molecular complexity index is 887. The van der Waals surface area contributed by atoms with E-state index in [1.165, 1.54) is 0 Å². The second-order valence-electron chi connectivity index (χ2n) is 4.44. The van der Waals surface area contributed by atoms with Gasteiger partial charge in [-0.15, -0.1) is 0 Å². The Kier molecular flexibility index (Phi) is 2.73. The highest BCUT2D eigenvalue weighted by molar-refractivity contribution is 5.89. The topological polar surface area (TPSA) is 76.9 Å². The number of nitriles is 1. The minimum absolute atomic E-state index is 0.162. The molecule has 20 heavy (non-hydrogen) atoms. The smallest absolute Gasteiger partial charge is 0.256 e. The van der Waals surface area contributed by atoms with E-state index in [0.29, 0.717) is 22.0 Å². The maximum atomic E-state index is 12.1. The first-order chi connectivity index (χ1) is 9.69. The summed E-state index contributed by atoms with van der Waals surface area (Å²) < 4.78 is 0. The quantitative estimate of drug-likeness (QED) is 0.708. The van der Waals surface area contributed by atoms with Crippen LogP contribution < -0.4 is 5.56 Å². The molecule has 0 saturated heterocycles. The van der Waals surface area contributed by atoms with Crippen LogP contribution in [0, 0.1) is 11.3 Å². The van der Waals surface area contributed by atoms with Gasteiger partial charge in [0, 0.05) is 16.5 Å². The Balaban J connectivity index is 2.31. The van der Waals surface area contributed by atoms with Gasteiger partial charge in [-0.25, -0.2) is 0 Å². The largest absolute Gasteiger partial charge is 0.508 e. The number of benzene rings is 2. The van der Waals surface area contributed by atoms with Gasteiger partial charge in [-0.2, -0.15) is 5.26 Å². The van der Waals surface area contributed by atoms with Crippen molar-refractivity contribution in [2.45, 2.75) is 0 Å². The molecule has 0 fully saturated rings. The summed E-state index contributed by atoms with van der Waals surface area (Å²) in [5.74, 6) is 0.162. The Morgan fingerprint density at radius 3 is 2.50 bits per heavy atom. The molecule has 0 aliphatic rings. The maximum absolute atomic E-state index is 12.1. The second kappa shape index (κ2) is 4.56. The number of aromatic hydroxyl groups is 1. The molecule has 0 amide bonds. The van der Waals surface area contributed by atoms with Crippen LogP contribution in [0.1, 0.15) is 5.56 Å². The van der Waals surface area contributed by atoms with Crippen molar-refractivity contribution >= 4 is 10.8 Å². The summed E-state index contributed by atoms with van der Waals surface area (Å²) in [5.41, 5.74) is 1.62. The monoisotopic (exact) mass is 262 g/mol. The van der Waals surface area contributed by atoms with E-state index in [0.717, 1.165) is 5.56 Å². The first-order valence-electron chi connectivity index (χ1n) is 6.04. The van der Waals surface area contributed by atoms with Crippen LogP contribution in [-0.2, 0) is 0 Å². The lowest BCUT2D eigenvalue weighted by atomic mass is 10.0. The highest BCUT2D eigenvalue weighted by Crippen LogP contribution is 2.23. The Morgan fingerprint density at radius 2 is 1.80 bits per heavy atom. The van der Waals surface area contributed by atoms with Gasteiger partial charge in [0.1, 0.15) is 5.75 Å². The van der Waals surface area contributed by atoms with Gasteiger partial charge in [0.15, 0.2) is 0 Å². The number of hydrogen-bond acceptors (Lipinski definition) is 3. The van der Waals surface area contributed by atoms with Crippen molar-refractivity contribution in [3.05, 3.63) is 64.4 Å². The van der Waals surface area contributed by atoms with Crippen LogP contribution in [0.2, 0.25) is 0 Å². The zero-order chi connectivity index (χ0) is 14.1. The predicted molar refractivity (Wildman–Crippen MR) is 76.4 cm³/mol. The molecule has 2 N–H and O–H groups in total. The molecule has 0 radical (unpaired) electrons. The van der Waals surface area contributed by atoms with Gasteiger partial charge in [0.05, 0.1) is 11.6 Å². The molecular formula is C16H10N2O2. The zero-order valence-electron chi connectivity index (χ0n) is 10.4. The third-order valence-electron chi connectivity index (χ3n) is 3.19. The molecule has 0 atom stereocenters. The number of hydrogen-bond donors (Lipinski definition) is 2. The molecule has 3 rings (SSSR count). The van der Waals surface area contributed by atoms with Gasteiger partial charge in [0.25, 0.3) is 5.56 Å². The number of aromatic nitrogens is 1. The summed E-state index contributed by atoms with van der Waals surface area (Å²) in [6.45, 7) is 0. The molecule has 4 nitrogen and oxygen atoms in total. The number of aromatic amines is 1. The van der Waals surface area contributed by atoms with E-state index in [-0.39, 0.29) is 11.3 Å². The molecule has 2 aromatic carbocycles. The Hall–Kier alpha value is -3.06.